The van der Waals surface area contributed by atoms with Crippen molar-refractivity contribution in [3.8, 4) is 0 Å². The number of ketones is 2. The van der Waals surface area contributed by atoms with Gasteiger partial charge in [-0.05, 0) is 93.6 Å². The molecule has 0 radical (unpaired) electrons. The summed E-state index contributed by atoms with van der Waals surface area (Å²) in [6, 6.07) is 5.03. The second-order valence-corrected chi connectivity index (χ2v) is 17.8. The average molecular weight is 879 g/mol. The number of allylic oxidation sites excluding steroid dienone is 4. The number of anilines is 1. The second-order valence-electron chi connectivity index (χ2n) is 17.8. The standard InChI is InChI=1S/C45H62N6O12/c1-5-8-38-62-35-20-32-31-15-12-28-19-30(52)16-17-43(28,3)39(31)33(53)21-44(32,4)45(35,63-38)34(54)24-60-25-49-37(56)22-48-40(57)26(2)50-42(59)61-23-27-10-13-29(14-11-27)51-36(55)9-6-7-18-47-41(46)58/h10-11,13-14,16-17,19,26,31-33,35,38-39,53H,5-9,12,15,18,20-25H2,1-4H3,(H,48,57)(H,49,56)(H,50,59)(H,51,55)(H3,46,47,58). The number of nitrogens with one attached hydrogen (secondary N) is 5. The summed E-state index contributed by atoms with van der Waals surface area (Å²) in [5, 5.41) is 24.6. The number of fused-ring (bicyclic) bond motifs is 7. The lowest BCUT2D eigenvalue weighted by Crippen LogP contribution is -2.63. The first kappa shape index (κ1) is 47.3. The van der Waals surface area contributed by atoms with Crippen LogP contribution in [0, 0.1) is 28.6 Å². The molecule has 4 aliphatic carbocycles. The number of urea groups is 1. The van der Waals surface area contributed by atoms with Crippen molar-refractivity contribution in [2.24, 2.45) is 34.3 Å². The number of rotatable bonds is 19. The molecular weight excluding hydrogens is 817 g/mol. The molecule has 6 amide bonds. The molecule has 8 N–H and O–H groups in total. The molecule has 3 saturated carbocycles. The number of Topliss-reactive ketones (excluding diaryl/α,β-unsaturated/α-hetero) is 1. The van der Waals surface area contributed by atoms with Gasteiger partial charge in [-0.25, -0.2) is 9.59 Å². The summed E-state index contributed by atoms with van der Waals surface area (Å²) in [5.74, 6) is -1.81. The van der Waals surface area contributed by atoms with Gasteiger partial charge >= 0.3 is 12.1 Å². The molecule has 0 bridgehead atoms. The number of amides is 6. The first-order chi connectivity index (χ1) is 30.0. The Hall–Kier alpha value is -5.17. The molecule has 10 unspecified atom stereocenters. The topological polar surface area (TPSA) is 263 Å². The van der Waals surface area contributed by atoms with Crippen molar-refractivity contribution in [3.05, 3.63) is 53.6 Å². The van der Waals surface area contributed by atoms with E-state index in [2.05, 4.69) is 33.5 Å². The molecule has 6 rings (SSSR count). The largest absolute Gasteiger partial charge is 0.445 e. The van der Waals surface area contributed by atoms with E-state index in [4.69, 9.17) is 24.7 Å². The van der Waals surface area contributed by atoms with Crippen molar-refractivity contribution >= 4 is 47.1 Å². The highest BCUT2D eigenvalue weighted by molar-refractivity contribution is 6.01. The third kappa shape index (κ3) is 10.3. The van der Waals surface area contributed by atoms with Gasteiger partial charge in [0.05, 0.1) is 18.8 Å². The van der Waals surface area contributed by atoms with Gasteiger partial charge in [0.25, 0.3) is 0 Å². The molecule has 18 heteroatoms. The van der Waals surface area contributed by atoms with E-state index in [1.807, 2.05) is 19.9 Å². The molecule has 1 heterocycles. The summed E-state index contributed by atoms with van der Waals surface area (Å²) in [6.07, 6.45) is 7.80. The third-order valence-corrected chi connectivity index (χ3v) is 13.7. The van der Waals surface area contributed by atoms with Crippen LogP contribution in [0.15, 0.2) is 48.1 Å². The highest BCUT2D eigenvalue weighted by Gasteiger charge is 2.75. The summed E-state index contributed by atoms with van der Waals surface area (Å²) in [4.78, 5) is 87.2. The zero-order valence-corrected chi connectivity index (χ0v) is 36.5. The Morgan fingerprint density at radius 3 is 2.52 bits per heavy atom. The van der Waals surface area contributed by atoms with E-state index in [1.54, 1.807) is 36.4 Å². The minimum absolute atomic E-state index is 0.0107. The van der Waals surface area contributed by atoms with Gasteiger partial charge in [-0.15, -0.1) is 0 Å². The Kier molecular flexibility index (Phi) is 15.1. The molecule has 63 heavy (non-hydrogen) atoms. The van der Waals surface area contributed by atoms with Crippen LogP contribution in [-0.2, 0) is 49.5 Å². The fourth-order valence-corrected chi connectivity index (χ4v) is 10.7. The van der Waals surface area contributed by atoms with E-state index in [-0.39, 0.29) is 61.6 Å². The molecule has 1 saturated heterocycles. The Labute approximate surface area is 367 Å². The fraction of sp³-hybridized carbons (Fsp3) is 0.622. The van der Waals surface area contributed by atoms with Crippen LogP contribution in [0.2, 0.25) is 0 Å². The summed E-state index contributed by atoms with van der Waals surface area (Å²) >= 11 is 0. The number of hydrogen-bond donors (Lipinski definition) is 7. The summed E-state index contributed by atoms with van der Waals surface area (Å²) < 4.78 is 24.0. The van der Waals surface area contributed by atoms with Gasteiger partial charge in [-0.1, -0.05) is 51.0 Å². The minimum atomic E-state index is -1.36. The van der Waals surface area contributed by atoms with Crippen LogP contribution in [0.1, 0.15) is 91.0 Å². The van der Waals surface area contributed by atoms with E-state index in [9.17, 15) is 38.7 Å². The van der Waals surface area contributed by atoms with Crippen LogP contribution >= 0.6 is 0 Å². The zero-order valence-electron chi connectivity index (χ0n) is 36.5. The van der Waals surface area contributed by atoms with Crippen LogP contribution in [0.4, 0.5) is 15.3 Å². The van der Waals surface area contributed by atoms with E-state index >= 15 is 0 Å². The van der Waals surface area contributed by atoms with Gasteiger partial charge in [0, 0.05) is 35.4 Å². The molecule has 4 fully saturated rings. The van der Waals surface area contributed by atoms with Crippen LogP contribution in [0.3, 0.4) is 0 Å². The number of ether oxygens (including phenoxy) is 4. The van der Waals surface area contributed by atoms with Crippen LogP contribution in [0.25, 0.3) is 0 Å². The predicted molar refractivity (Wildman–Crippen MR) is 227 cm³/mol. The minimum Gasteiger partial charge on any atom is -0.445 e. The number of aliphatic hydroxyl groups excluding tert-OH is 1. The van der Waals surface area contributed by atoms with E-state index in [0.717, 1.165) is 24.8 Å². The van der Waals surface area contributed by atoms with Crippen molar-refractivity contribution in [3.63, 3.8) is 0 Å². The molecule has 0 spiro atoms. The Bertz CT molecular complexity index is 1970. The number of nitrogens with two attached hydrogens (primary N) is 1. The number of carbonyl (C=O) groups is 7. The maximum atomic E-state index is 14.4. The third-order valence-electron chi connectivity index (χ3n) is 13.7. The first-order valence-corrected chi connectivity index (χ1v) is 22.0. The summed E-state index contributed by atoms with van der Waals surface area (Å²) in [6.45, 7) is 6.75. The van der Waals surface area contributed by atoms with Crippen molar-refractivity contribution in [2.75, 3.05) is 31.7 Å². The first-order valence-electron chi connectivity index (χ1n) is 22.0. The molecular formula is C45H62N6O12. The van der Waals surface area contributed by atoms with Crippen molar-refractivity contribution in [1.29, 1.82) is 0 Å². The average Bonchev–Trinajstić information content (AvgIpc) is 3.72. The van der Waals surface area contributed by atoms with E-state index < -0.39 is 71.5 Å². The lowest BCUT2D eigenvalue weighted by Gasteiger charge is -2.59. The molecule has 1 aliphatic heterocycles. The van der Waals surface area contributed by atoms with Crippen molar-refractivity contribution < 1.29 is 57.6 Å². The number of aliphatic hydroxyl groups is 1. The Morgan fingerprint density at radius 2 is 1.79 bits per heavy atom. The van der Waals surface area contributed by atoms with E-state index in [0.29, 0.717) is 49.9 Å². The monoisotopic (exact) mass is 878 g/mol. The molecule has 344 valence electrons. The number of hydrogen-bond acceptors (Lipinski definition) is 12. The normalized spacial score (nSPS) is 30.6. The molecule has 18 nitrogen and oxygen atoms in total. The van der Waals surface area contributed by atoms with Crippen molar-refractivity contribution in [1.82, 2.24) is 21.3 Å². The smallest absolute Gasteiger partial charge is 0.408 e. The zero-order chi connectivity index (χ0) is 45.5. The van der Waals surface area contributed by atoms with Gasteiger partial charge in [-0.2, -0.15) is 0 Å². The van der Waals surface area contributed by atoms with Gasteiger partial charge in [0.1, 0.15) is 26.0 Å². The highest BCUT2D eigenvalue weighted by atomic mass is 16.7. The van der Waals surface area contributed by atoms with Gasteiger partial charge in [0.15, 0.2) is 23.5 Å². The summed E-state index contributed by atoms with van der Waals surface area (Å²) in [7, 11) is 0. The van der Waals surface area contributed by atoms with Gasteiger partial charge in [0.2, 0.25) is 17.7 Å². The van der Waals surface area contributed by atoms with Crippen LogP contribution in [-0.4, -0.2) is 103 Å². The molecule has 0 aromatic heterocycles. The molecule has 1 aromatic carbocycles. The van der Waals surface area contributed by atoms with Crippen LogP contribution in [0.5, 0.6) is 0 Å². The number of benzene rings is 1. The SMILES string of the molecule is CCCC1OC2CC3C4CCC5=CC(=O)C=CC5(C)C4C(O)CC3(C)C2(C(=O)COCNC(=O)CNC(=O)C(C)NC(=O)OCc2ccc(NC(=O)CCCCNC(N)=O)cc2)O1. The lowest BCUT2D eigenvalue weighted by molar-refractivity contribution is -0.201. The Balaban J connectivity index is 0.922. The fourth-order valence-electron chi connectivity index (χ4n) is 10.7. The maximum absolute atomic E-state index is 14.4. The number of carbonyl (C=O) groups excluding carboxylic acids is 7. The Morgan fingerprint density at radius 1 is 1.03 bits per heavy atom. The number of alkyl carbamates (subject to hydrolysis) is 1. The lowest BCUT2D eigenvalue weighted by atomic mass is 9.46. The molecule has 1 aromatic rings. The van der Waals surface area contributed by atoms with Gasteiger partial charge < -0.3 is 56.4 Å². The second kappa shape index (κ2) is 20.1. The molecule has 10 atom stereocenters. The maximum Gasteiger partial charge on any atom is 0.408 e. The molecule has 5 aliphatic rings. The number of unbranched alkanes of at least 4 members (excludes halogenated alkanes) is 1. The quantitative estimate of drug-likeness (QED) is 0.0782. The summed E-state index contributed by atoms with van der Waals surface area (Å²) in [5.41, 5.74) is 4.67. The number of primary amides is 1. The van der Waals surface area contributed by atoms with Gasteiger partial charge in [-0.3, -0.25) is 24.0 Å². The highest BCUT2D eigenvalue weighted by Crippen LogP contribution is 2.69. The van der Waals surface area contributed by atoms with Crippen molar-refractivity contribution in [2.45, 2.75) is 122 Å². The van der Waals surface area contributed by atoms with Crippen LogP contribution < -0.4 is 32.3 Å². The van der Waals surface area contributed by atoms with E-state index in [1.165, 1.54) is 6.92 Å². The predicted octanol–water partition coefficient (Wildman–Crippen LogP) is 3.02.